The van der Waals surface area contributed by atoms with Crippen LogP contribution in [0.4, 0.5) is 0 Å². The molecule has 8 heteroatoms. The van der Waals surface area contributed by atoms with Crippen LogP contribution in [0.2, 0.25) is 0 Å². The maximum Gasteiger partial charge on any atom is 0.332 e. The molecule has 0 aliphatic rings. The van der Waals surface area contributed by atoms with Gasteiger partial charge in [-0.3, -0.25) is 4.79 Å². The van der Waals surface area contributed by atoms with Crippen LogP contribution in [0.25, 0.3) is 21.1 Å². The first kappa shape index (κ1) is 18.3. The maximum atomic E-state index is 12.1. The maximum absolute atomic E-state index is 12.1. The predicted octanol–water partition coefficient (Wildman–Crippen LogP) is 3.35. The first-order valence-corrected chi connectivity index (χ1v) is 9.52. The van der Waals surface area contributed by atoms with Crippen LogP contribution in [-0.4, -0.2) is 27.5 Å². The molecule has 2 aromatic heterocycles. The molecular weight excluding hydrogens is 378 g/mol. The first-order valence-electron chi connectivity index (χ1n) is 8.71. The van der Waals surface area contributed by atoms with Crippen LogP contribution in [0.15, 0.2) is 53.3 Å². The third kappa shape index (κ3) is 3.92. The summed E-state index contributed by atoms with van der Waals surface area (Å²) in [5, 5.41) is 1.28. The molecule has 28 heavy (non-hydrogen) atoms. The molecule has 0 fully saturated rings. The summed E-state index contributed by atoms with van der Waals surface area (Å²) in [4.78, 5) is 35.6. The van der Waals surface area contributed by atoms with Crippen LogP contribution in [0.5, 0.6) is 0 Å². The van der Waals surface area contributed by atoms with E-state index in [0.717, 1.165) is 15.2 Å². The van der Waals surface area contributed by atoms with Gasteiger partial charge in [0.2, 0.25) is 0 Å². The van der Waals surface area contributed by atoms with E-state index >= 15 is 0 Å². The van der Waals surface area contributed by atoms with Crippen LogP contribution in [0, 0.1) is 0 Å². The van der Waals surface area contributed by atoms with Crippen molar-refractivity contribution >= 4 is 38.4 Å². The fraction of sp³-hybridized carbons (Fsp3) is 0.200. The summed E-state index contributed by atoms with van der Waals surface area (Å²) in [5.41, 5.74) is 1.19. The highest BCUT2D eigenvalue weighted by molar-refractivity contribution is 7.18. The number of carbonyl (C=O) groups is 1. The van der Waals surface area contributed by atoms with Crippen LogP contribution in [0.1, 0.15) is 23.9 Å². The number of esters is 1. The van der Waals surface area contributed by atoms with Crippen LogP contribution < -0.4 is 5.56 Å². The number of nitrogens with one attached hydrogen (secondary N) is 1. The number of hydrogen-bond donors (Lipinski definition) is 1. The van der Waals surface area contributed by atoms with Crippen molar-refractivity contribution in [2.45, 2.75) is 19.6 Å². The molecular formula is C20H17N3O4S. The third-order valence-corrected chi connectivity index (χ3v) is 5.12. The molecule has 1 atom stereocenters. The summed E-state index contributed by atoms with van der Waals surface area (Å²) >= 11 is 1.52. The number of aromatic nitrogens is 3. The number of thiazole rings is 1. The molecule has 1 N–H and O–H groups in total. The molecule has 0 spiro atoms. The number of aromatic amines is 1. The number of ether oxygens (including phenoxy) is 2. The number of benzene rings is 2. The predicted molar refractivity (Wildman–Crippen MR) is 106 cm³/mol. The quantitative estimate of drug-likeness (QED) is 0.503. The van der Waals surface area contributed by atoms with Crippen LogP contribution >= 0.6 is 11.3 Å². The fourth-order valence-electron chi connectivity index (χ4n) is 2.79. The van der Waals surface area contributed by atoms with E-state index in [1.807, 2.05) is 24.3 Å². The van der Waals surface area contributed by atoms with Crippen molar-refractivity contribution in [3.05, 3.63) is 69.7 Å². The number of H-pyrrole nitrogens is 1. The molecule has 0 aliphatic heterocycles. The highest BCUT2D eigenvalue weighted by atomic mass is 32.1. The summed E-state index contributed by atoms with van der Waals surface area (Å²) in [5.74, 6) is -0.243. The molecule has 0 saturated heterocycles. The van der Waals surface area contributed by atoms with Gasteiger partial charge in [0, 0.05) is 0 Å². The minimum absolute atomic E-state index is 0.210. The molecule has 0 aliphatic carbocycles. The fourth-order valence-corrected chi connectivity index (χ4v) is 3.69. The van der Waals surface area contributed by atoms with Crippen molar-refractivity contribution in [2.75, 3.05) is 6.61 Å². The lowest BCUT2D eigenvalue weighted by Crippen LogP contribution is -2.19. The number of fused-ring (bicyclic) bond motifs is 2. The Bertz CT molecular complexity index is 1170. The largest absolute Gasteiger partial charge is 0.453 e. The number of para-hydroxylation sites is 2. The summed E-state index contributed by atoms with van der Waals surface area (Å²) in [6.45, 7) is 1.67. The second-order valence-corrected chi connectivity index (χ2v) is 7.28. The highest BCUT2D eigenvalue weighted by Crippen LogP contribution is 2.22. The zero-order chi connectivity index (χ0) is 19.5. The van der Waals surface area contributed by atoms with E-state index in [-0.39, 0.29) is 18.8 Å². The molecule has 4 rings (SSSR count). The van der Waals surface area contributed by atoms with Gasteiger partial charge in [0.15, 0.2) is 11.9 Å². The molecule has 0 unspecified atom stereocenters. The average molecular weight is 395 g/mol. The topological polar surface area (TPSA) is 94.2 Å². The van der Waals surface area contributed by atoms with E-state index in [2.05, 4.69) is 15.0 Å². The Labute approximate surface area is 164 Å². The Morgan fingerprint density at radius 2 is 1.86 bits per heavy atom. The summed E-state index contributed by atoms with van der Waals surface area (Å²) in [6, 6.07) is 14.8. The Kier molecular flexibility index (Phi) is 5.14. The molecule has 0 saturated carbocycles. The first-order chi connectivity index (χ1) is 13.6. The van der Waals surface area contributed by atoms with Gasteiger partial charge in [0.05, 0.1) is 27.7 Å². The van der Waals surface area contributed by atoms with Gasteiger partial charge < -0.3 is 14.5 Å². The lowest BCUT2D eigenvalue weighted by atomic mass is 10.2. The minimum Gasteiger partial charge on any atom is -0.453 e. The van der Waals surface area contributed by atoms with Crippen molar-refractivity contribution in [2.24, 2.45) is 0 Å². The lowest BCUT2D eigenvalue weighted by molar-refractivity contribution is -0.154. The monoisotopic (exact) mass is 395 g/mol. The number of nitrogens with zero attached hydrogens (tertiary/aromatic N) is 2. The third-order valence-electron chi connectivity index (χ3n) is 4.11. The standard InChI is InChI=1S/C20H17N3O4S/c1-12(19-22-14-7-3-2-6-13(14)20(25)23-19)27-18(24)11-26-10-17-21-15-8-4-5-9-16(15)28-17/h2-9,12H,10-11H2,1H3,(H,22,23,25)/t12-/m1/s1. The zero-order valence-electron chi connectivity index (χ0n) is 15.0. The minimum atomic E-state index is -0.698. The Hall–Kier alpha value is -3.10. The second kappa shape index (κ2) is 7.87. The summed E-state index contributed by atoms with van der Waals surface area (Å²) in [6.07, 6.45) is -0.698. The Morgan fingerprint density at radius 3 is 2.68 bits per heavy atom. The van der Waals surface area contributed by atoms with Crippen molar-refractivity contribution in [1.82, 2.24) is 15.0 Å². The van der Waals surface area contributed by atoms with E-state index in [9.17, 15) is 9.59 Å². The SMILES string of the molecule is C[C@@H](OC(=O)COCc1nc2ccccc2s1)c1nc2ccccc2c(=O)[nH]1. The van der Waals surface area contributed by atoms with Crippen molar-refractivity contribution in [3.63, 3.8) is 0 Å². The van der Waals surface area contributed by atoms with Gasteiger partial charge in [-0.25, -0.2) is 14.8 Å². The average Bonchev–Trinajstić information content (AvgIpc) is 3.10. The van der Waals surface area contributed by atoms with Gasteiger partial charge in [-0.15, -0.1) is 11.3 Å². The molecule has 4 aromatic rings. The van der Waals surface area contributed by atoms with Crippen LogP contribution in [-0.2, 0) is 20.9 Å². The normalized spacial score (nSPS) is 12.3. The highest BCUT2D eigenvalue weighted by Gasteiger charge is 2.16. The molecule has 2 aromatic carbocycles. The van der Waals surface area contributed by atoms with Gasteiger partial charge in [0.25, 0.3) is 5.56 Å². The number of carbonyl (C=O) groups excluding carboxylic acids is 1. The number of hydrogen-bond acceptors (Lipinski definition) is 7. The van der Waals surface area contributed by atoms with E-state index in [1.54, 1.807) is 31.2 Å². The summed E-state index contributed by atoms with van der Waals surface area (Å²) in [7, 11) is 0. The molecule has 142 valence electrons. The van der Waals surface area contributed by atoms with Gasteiger partial charge >= 0.3 is 5.97 Å². The van der Waals surface area contributed by atoms with E-state index in [4.69, 9.17) is 9.47 Å². The summed E-state index contributed by atoms with van der Waals surface area (Å²) < 4.78 is 11.8. The van der Waals surface area contributed by atoms with Crippen molar-refractivity contribution in [3.8, 4) is 0 Å². The zero-order valence-corrected chi connectivity index (χ0v) is 15.9. The second-order valence-electron chi connectivity index (χ2n) is 6.17. The Balaban J connectivity index is 1.35. The lowest BCUT2D eigenvalue weighted by Gasteiger charge is -2.13. The molecule has 0 radical (unpaired) electrons. The Morgan fingerprint density at radius 1 is 1.11 bits per heavy atom. The van der Waals surface area contributed by atoms with Gasteiger partial charge in [-0.2, -0.15) is 0 Å². The van der Waals surface area contributed by atoms with E-state index < -0.39 is 12.1 Å². The molecule has 7 nitrogen and oxygen atoms in total. The van der Waals surface area contributed by atoms with Crippen molar-refractivity contribution in [1.29, 1.82) is 0 Å². The van der Waals surface area contributed by atoms with Crippen LogP contribution in [0.3, 0.4) is 0 Å². The van der Waals surface area contributed by atoms with Gasteiger partial charge in [-0.1, -0.05) is 24.3 Å². The molecule has 0 bridgehead atoms. The van der Waals surface area contributed by atoms with Gasteiger partial charge in [0.1, 0.15) is 11.6 Å². The molecule has 2 heterocycles. The van der Waals surface area contributed by atoms with E-state index in [0.29, 0.717) is 16.7 Å². The smallest absolute Gasteiger partial charge is 0.332 e. The number of rotatable bonds is 6. The van der Waals surface area contributed by atoms with Gasteiger partial charge in [-0.05, 0) is 31.2 Å². The molecule has 0 amide bonds. The van der Waals surface area contributed by atoms with E-state index in [1.165, 1.54) is 11.3 Å². The van der Waals surface area contributed by atoms with Crippen molar-refractivity contribution < 1.29 is 14.3 Å².